The lowest BCUT2D eigenvalue weighted by Crippen LogP contribution is -2.22. The molecule has 0 radical (unpaired) electrons. The van der Waals surface area contributed by atoms with Crippen molar-refractivity contribution < 1.29 is 4.79 Å². The minimum atomic E-state index is 0.0253. The number of carbonyl (C=O) groups is 1. The molecule has 22 heavy (non-hydrogen) atoms. The maximum absolute atomic E-state index is 11.8. The van der Waals surface area contributed by atoms with Gasteiger partial charge < -0.3 is 0 Å². The SMILES string of the molecule is CCCCC1(C)c2cc(C(C)=O)ccc2-c2cccc(C)c21. The lowest BCUT2D eigenvalue weighted by molar-refractivity contribution is 0.101. The van der Waals surface area contributed by atoms with Gasteiger partial charge in [-0.3, -0.25) is 4.79 Å². The number of unbranched alkanes of at least 4 members (excludes halogenated alkanes) is 1. The van der Waals surface area contributed by atoms with Gasteiger partial charge in [0.15, 0.2) is 5.78 Å². The van der Waals surface area contributed by atoms with E-state index in [2.05, 4.69) is 51.1 Å². The van der Waals surface area contributed by atoms with Gasteiger partial charge in [-0.2, -0.15) is 0 Å². The van der Waals surface area contributed by atoms with Crippen molar-refractivity contribution in [2.24, 2.45) is 0 Å². The van der Waals surface area contributed by atoms with Crippen LogP contribution in [0.2, 0.25) is 0 Å². The van der Waals surface area contributed by atoms with Crippen molar-refractivity contribution in [2.75, 3.05) is 0 Å². The molecular weight excluding hydrogens is 268 g/mol. The first-order valence-corrected chi connectivity index (χ1v) is 8.25. The molecular formula is C21H24O. The van der Waals surface area contributed by atoms with Crippen molar-refractivity contribution >= 4 is 5.78 Å². The van der Waals surface area contributed by atoms with E-state index in [9.17, 15) is 4.79 Å². The third kappa shape index (κ3) is 2.11. The fourth-order valence-corrected chi connectivity index (χ4v) is 4.00. The molecule has 1 unspecified atom stereocenters. The molecule has 3 rings (SSSR count). The summed E-state index contributed by atoms with van der Waals surface area (Å²) in [5.74, 6) is 0.147. The second-order valence-electron chi connectivity index (χ2n) is 6.75. The molecule has 0 saturated heterocycles. The molecule has 0 fully saturated rings. The van der Waals surface area contributed by atoms with Crippen molar-refractivity contribution in [1.29, 1.82) is 0 Å². The second kappa shape index (κ2) is 5.39. The third-order valence-electron chi connectivity index (χ3n) is 5.17. The zero-order chi connectivity index (χ0) is 15.9. The Balaban J connectivity index is 2.26. The van der Waals surface area contributed by atoms with E-state index < -0.39 is 0 Å². The van der Waals surface area contributed by atoms with Crippen LogP contribution in [0.25, 0.3) is 11.1 Å². The fourth-order valence-electron chi connectivity index (χ4n) is 4.00. The van der Waals surface area contributed by atoms with Crippen LogP contribution in [0.5, 0.6) is 0 Å². The molecule has 114 valence electrons. The number of benzene rings is 2. The van der Waals surface area contributed by atoms with E-state index in [4.69, 9.17) is 0 Å². The van der Waals surface area contributed by atoms with E-state index in [1.54, 1.807) is 6.92 Å². The van der Waals surface area contributed by atoms with Crippen LogP contribution in [0.15, 0.2) is 36.4 Å². The average molecular weight is 292 g/mol. The highest BCUT2D eigenvalue weighted by atomic mass is 16.1. The molecule has 0 spiro atoms. The Morgan fingerprint density at radius 2 is 1.91 bits per heavy atom. The number of fused-ring (bicyclic) bond motifs is 3. The predicted octanol–water partition coefficient (Wildman–Crippen LogP) is 5.67. The highest BCUT2D eigenvalue weighted by Gasteiger charge is 2.39. The minimum absolute atomic E-state index is 0.0253. The summed E-state index contributed by atoms with van der Waals surface area (Å²) in [6.07, 6.45) is 3.53. The highest BCUT2D eigenvalue weighted by Crippen LogP contribution is 2.52. The van der Waals surface area contributed by atoms with Gasteiger partial charge in [0, 0.05) is 11.0 Å². The first-order valence-electron chi connectivity index (χ1n) is 8.25. The first kappa shape index (κ1) is 15.0. The van der Waals surface area contributed by atoms with E-state index in [0.717, 1.165) is 12.0 Å². The number of carbonyl (C=O) groups excluding carboxylic acids is 1. The van der Waals surface area contributed by atoms with Crippen LogP contribution in [0.1, 0.15) is 67.1 Å². The largest absolute Gasteiger partial charge is 0.295 e. The summed E-state index contributed by atoms with van der Waals surface area (Å²) in [7, 11) is 0. The highest BCUT2D eigenvalue weighted by molar-refractivity contribution is 5.96. The summed E-state index contributed by atoms with van der Waals surface area (Å²) in [5.41, 5.74) is 7.66. The minimum Gasteiger partial charge on any atom is -0.295 e. The van der Waals surface area contributed by atoms with Gasteiger partial charge in [0.2, 0.25) is 0 Å². The number of ketones is 1. The summed E-state index contributed by atoms with van der Waals surface area (Å²) in [6, 6.07) is 12.8. The van der Waals surface area contributed by atoms with Gasteiger partial charge in [-0.15, -0.1) is 0 Å². The van der Waals surface area contributed by atoms with Crippen LogP contribution in [0, 0.1) is 6.92 Å². The maximum atomic E-state index is 11.8. The molecule has 0 N–H and O–H groups in total. The fraction of sp³-hybridized carbons (Fsp3) is 0.381. The molecule has 1 atom stereocenters. The number of aryl methyl sites for hydroxylation is 1. The van der Waals surface area contributed by atoms with Crippen LogP contribution in [-0.4, -0.2) is 5.78 Å². The quantitative estimate of drug-likeness (QED) is 0.663. The molecule has 0 aromatic heterocycles. The Morgan fingerprint density at radius 1 is 1.14 bits per heavy atom. The second-order valence-corrected chi connectivity index (χ2v) is 6.75. The van der Waals surface area contributed by atoms with Crippen LogP contribution in [0.4, 0.5) is 0 Å². The molecule has 0 bridgehead atoms. The number of Topliss-reactive ketones (excluding diaryl/α,β-unsaturated/α-hetero) is 1. The number of hydrogen-bond acceptors (Lipinski definition) is 1. The van der Waals surface area contributed by atoms with Crippen LogP contribution in [0.3, 0.4) is 0 Å². The van der Waals surface area contributed by atoms with Crippen molar-refractivity contribution in [2.45, 2.75) is 52.4 Å². The number of hydrogen-bond donors (Lipinski definition) is 0. The summed E-state index contributed by atoms with van der Waals surface area (Å²) < 4.78 is 0. The molecule has 1 aliphatic carbocycles. The van der Waals surface area contributed by atoms with Gasteiger partial charge in [-0.25, -0.2) is 0 Å². The normalized spacial score (nSPS) is 18.9. The molecule has 0 amide bonds. The Kier molecular flexibility index (Phi) is 3.68. The van der Waals surface area contributed by atoms with E-state index in [1.165, 1.54) is 40.7 Å². The van der Waals surface area contributed by atoms with Crippen molar-refractivity contribution in [1.82, 2.24) is 0 Å². The molecule has 0 heterocycles. The lowest BCUT2D eigenvalue weighted by atomic mass is 9.74. The van der Waals surface area contributed by atoms with E-state index in [-0.39, 0.29) is 11.2 Å². The molecule has 2 aromatic rings. The summed E-state index contributed by atoms with van der Waals surface area (Å²) in [6.45, 7) is 8.45. The summed E-state index contributed by atoms with van der Waals surface area (Å²) in [4.78, 5) is 11.8. The summed E-state index contributed by atoms with van der Waals surface area (Å²) in [5, 5.41) is 0. The van der Waals surface area contributed by atoms with Crippen LogP contribution in [-0.2, 0) is 5.41 Å². The zero-order valence-corrected chi connectivity index (χ0v) is 14.0. The van der Waals surface area contributed by atoms with Crippen molar-refractivity contribution in [3.05, 3.63) is 58.7 Å². The first-order chi connectivity index (χ1) is 10.5. The van der Waals surface area contributed by atoms with Gasteiger partial charge in [0.25, 0.3) is 0 Å². The topological polar surface area (TPSA) is 17.1 Å². The van der Waals surface area contributed by atoms with E-state index in [1.807, 2.05) is 6.07 Å². The molecule has 1 heteroatoms. The van der Waals surface area contributed by atoms with E-state index in [0.29, 0.717) is 0 Å². The van der Waals surface area contributed by atoms with Gasteiger partial charge >= 0.3 is 0 Å². The van der Waals surface area contributed by atoms with Gasteiger partial charge in [-0.05, 0) is 54.2 Å². The van der Waals surface area contributed by atoms with Crippen molar-refractivity contribution in [3.8, 4) is 11.1 Å². The van der Waals surface area contributed by atoms with Crippen LogP contribution >= 0.6 is 0 Å². The smallest absolute Gasteiger partial charge is 0.159 e. The lowest BCUT2D eigenvalue weighted by Gasteiger charge is -2.29. The van der Waals surface area contributed by atoms with Crippen LogP contribution < -0.4 is 0 Å². The Hall–Kier alpha value is -1.89. The monoisotopic (exact) mass is 292 g/mol. The Bertz CT molecular complexity index is 742. The van der Waals surface area contributed by atoms with Gasteiger partial charge in [0.05, 0.1) is 0 Å². The van der Waals surface area contributed by atoms with E-state index >= 15 is 0 Å². The standard InChI is InChI=1S/C21H24O/c1-5-6-12-21(4)19-13-16(15(3)22)10-11-17(19)18-9-7-8-14(2)20(18)21/h7-11,13H,5-6,12H2,1-4H3. The Labute approximate surface area is 133 Å². The van der Waals surface area contributed by atoms with Gasteiger partial charge in [-0.1, -0.05) is 57.0 Å². The third-order valence-corrected chi connectivity index (χ3v) is 5.17. The van der Waals surface area contributed by atoms with Crippen molar-refractivity contribution in [3.63, 3.8) is 0 Å². The maximum Gasteiger partial charge on any atom is 0.159 e. The molecule has 0 aliphatic heterocycles. The zero-order valence-electron chi connectivity index (χ0n) is 14.0. The molecule has 2 aromatic carbocycles. The summed E-state index contributed by atoms with van der Waals surface area (Å²) >= 11 is 0. The molecule has 0 saturated carbocycles. The Morgan fingerprint density at radius 3 is 2.59 bits per heavy atom. The predicted molar refractivity (Wildman–Crippen MR) is 92.6 cm³/mol. The molecule has 1 nitrogen and oxygen atoms in total. The molecule has 1 aliphatic rings. The average Bonchev–Trinajstić information content (AvgIpc) is 2.76. The number of rotatable bonds is 4. The van der Waals surface area contributed by atoms with Gasteiger partial charge in [0.1, 0.15) is 0 Å².